The molecule has 2 aromatic rings. The maximum Gasteiger partial charge on any atom is 0.255 e. The van der Waals surface area contributed by atoms with Gasteiger partial charge in [-0.25, -0.2) is 0 Å². The first-order chi connectivity index (χ1) is 10.7. The number of rotatable bonds is 5. The summed E-state index contributed by atoms with van der Waals surface area (Å²) in [4.78, 5) is 12.6. The molecule has 0 bridgehead atoms. The maximum atomic E-state index is 12.6. The van der Waals surface area contributed by atoms with E-state index in [2.05, 4.69) is 0 Å². The van der Waals surface area contributed by atoms with Crippen molar-refractivity contribution in [2.45, 2.75) is 25.4 Å². The van der Waals surface area contributed by atoms with Gasteiger partial charge in [-0.2, -0.15) is 0 Å². The highest BCUT2D eigenvalue weighted by Crippen LogP contribution is 2.40. The van der Waals surface area contributed by atoms with E-state index in [-0.39, 0.29) is 18.1 Å². The Morgan fingerprint density at radius 2 is 1.95 bits per heavy atom. The van der Waals surface area contributed by atoms with E-state index in [0.717, 1.165) is 35.6 Å². The summed E-state index contributed by atoms with van der Waals surface area (Å²) in [7, 11) is 3.25. The van der Waals surface area contributed by atoms with E-state index in [1.54, 1.807) is 20.3 Å². The highest BCUT2D eigenvalue weighted by molar-refractivity contribution is 5.70. The molecule has 3 rings (SSSR count). The Morgan fingerprint density at radius 1 is 1.18 bits per heavy atom. The van der Waals surface area contributed by atoms with Gasteiger partial charge in [0.05, 0.1) is 19.9 Å². The lowest BCUT2D eigenvalue weighted by Crippen LogP contribution is -2.26. The molecule has 1 aliphatic carbocycles. The summed E-state index contributed by atoms with van der Waals surface area (Å²) in [6.07, 6.45) is 2.04. The number of methoxy groups -OCH3 is 2. The first-order valence-electron chi connectivity index (χ1n) is 7.36. The van der Waals surface area contributed by atoms with E-state index in [4.69, 9.17) is 15.2 Å². The molecule has 0 radical (unpaired) electrons. The van der Waals surface area contributed by atoms with Crippen molar-refractivity contribution in [1.82, 2.24) is 4.57 Å². The molecule has 0 amide bonds. The van der Waals surface area contributed by atoms with Crippen LogP contribution >= 0.6 is 0 Å². The Balaban J connectivity index is 2.24. The molecule has 116 valence electrons. The third-order valence-corrected chi connectivity index (χ3v) is 4.01. The number of ether oxygens (including phenoxy) is 2. The lowest BCUT2D eigenvalue weighted by Gasteiger charge is -2.17. The number of hydrogen-bond acceptors (Lipinski definition) is 4. The molecule has 0 unspecified atom stereocenters. The molecule has 0 spiro atoms. The summed E-state index contributed by atoms with van der Waals surface area (Å²) in [5, 5.41) is 0. The molecule has 1 heterocycles. The van der Waals surface area contributed by atoms with Gasteiger partial charge in [0.1, 0.15) is 11.5 Å². The average molecular weight is 300 g/mol. The topological polar surface area (TPSA) is 66.5 Å². The predicted molar refractivity (Wildman–Crippen MR) is 85.4 cm³/mol. The zero-order valence-corrected chi connectivity index (χ0v) is 12.8. The van der Waals surface area contributed by atoms with Gasteiger partial charge < -0.3 is 19.8 Å². The summed E-state index contributed by atoms with van der Waals surface area (Å²) in [5.41, 5.74) is 8.01. The van der Waals surface area contributed by atoms with Gasteiger partial charge in [-0.1, -0.05) is 6.07 Å². The second-order valence-corrected chi connectivity index (χ2v) is 5.42. The van der Waals surface area contributed by atoms with Gasteiger partial charge in [0.25, 0.3) is 5.56 Å². The molecule has 0 atom stereocenters. The van der Waals surface area contributed by atoms with Crippen molar-refractivity contribution in [2.75, 3.05) is 14.2 Å². The highest BCUT2D eigenvalue weighted by Gasteiger charge is 2.28. The van der Waals surface area contributed by atoms with Crippen LogP contribution in [-0.4, -0.2) is 18.8 Å². The first-order valence-corrected chi connectivity index (χ1v) is 7.36. The molecule has 1 aliphatic rings. The Morgan fingerprint density at radius 3 is 2.55 bits per heavy atom. The number of nitrogens with zero attached hydrogens (tertiary/aromatic N) is 1. The standard InChI is InChI=1S/C17H20N2O3/c1-21-13-6-8-16(22-2)14(9-13)15-7-3-11(10-18)17(20)19(15)12-4-5-12/h3,6-9,12H,4-5,10,18H2,1-2H3. The molecule has 2 N–H and O–H groups in total. The van der Waals surface area contributed by atoms with Gasteiger partial charge in [0.15, 0.2) is 0 Å². The third-order valence-electron chi connectivity index (χ3n) is 4.01. The van der Waals surface area contributed by atoms with Crippen LogP contribution < -0.4 is 20.8 Å². The van der Waals surface area contributed by atoms with E-state index < -0.39 is 0 Å². The SMILES string of the molecule is COc1ccc(OC)c(-c2ccc(CN)c(=O)n2C2CC2)c1. The van der Waals surface area contributed by atoms with Crippen LogP contribution in [0.15, 0.2) is 35.1 Å². The van der Waals surface area contributed by atoms with Crippen molar-refractivity contribution in [2.24, 2.45) is 5.73 Å². The van der Waals surface area contributed by atoms with Crippen LogP contribution in [0.2, 0.25) is 0 Å². The molecule has 1 saturated carbocycles. The van der Waals surface area contributed by atoms with Gasteiger partial charge in [-0.15, -0.1) is 0 Å². The van der Waals surface area contributed by atoms with Crippen LogP contribution in [0.4, 0.5) is 0 Å². The van der Waals surface area contributed by atoms with Crippen molar-refractivity contribution in [3.63, 3.8) is 0 Å². The monoisotopic (exact) mass is 300 g/mol. The molecule has 22 heavy (non-hydrogen) atoms. The van der Waals surface area contributed by atoms with Crippen molar-refractivity contribution >= 4 is 0 Å². The zero-order chi connectivity index (χ0) is 15.7. The average Bonchev–Trinajstić information content (AvgIpc) is 3.38. The summed E-state index contributed by atoms with van der Waals surface area (Å²) in [5.74, 6) is 1.45. The fourth-order valence-electron chi connectivity index (χ4n) is 2.68. The Bertz CT molecular complexity index is 748. The van der Waals surface area contributed by atoms with E-state index in [9.17, 15) is 4.79 Å². The fourth-order valence-corrected chi connectivity index (χ4v) is 2.68. The number of hydrogen-bond donors (Lipinski definition) is 1. The molecule has 0 saturated heterocycles. The molecule has 5 heteroatoms. The van der Waals surface area contributed by atoms with Crippen molar-refractivity contribution in [3.8, 4) is 22.8 Å². The van der Waals surface area contributed by atoms with Gasteiger partial charge >= 0.3 is 0 Å². The minimum atomic E-state index is -0.00706. The summed E-state index contributed by atoms with van der Waals surface area (Å²) in [6.45, 7) is 0.251. The molecule has 1 aromatic carbocycles. The van der Waals surface area contributed by atoms with E-state index in [1.807, 2.05) is 28.8 Å². The Hall–Kier alpha value is -2.27. The molecular weight excluding hydrogens is 280 g/mol. The van der Waals surface area contributed by atoms with Crippen molar-refractivity contribution in [1.29, 1.82) is 0 Å². The number of nitrogens with two attached hydrogens (primary N) is 1. The van der Waals surface area contributed by atoms with Crippen LogP contribution in [0, 0.1) is 0 Å². The second kappa shape index (κ2) is 5.85. The maximum absolute atomic E-state index is 12.6. The van der Waals surface area contributed by atoms with Crippen LogP contribution in [0.1, 0.15) is 24.4 Å². The van der Waals surface area contributed by atoms with Gasteiger partial charge in [0, 0.05) is 23.7 Å². The molecule has 1 aromatic heterocycles. The largest absolute Gasteiger partial charge is 0.497 e. The number of aromatic nitrogens is 1. The predicted octanol–water partition coefficient (Wildman–Crippen LogP) is 2.33. The number of benzene rings is 1. The van der Waals surface area contributed by atoms with Gasteiger partial charge in [0.2, 0.25) is 0 Å². The first kappa shape index (κ1) is 14.7. The van der Waals surface area contributed by atoms with Gasteiger partial charge in [-0.05, 0) is 37.1 Å². The van der Waals surface area contributed by atoms with Crippen LogP contribution in [0.3, 0.4) is 0 Å². The minimum Gasteiger partial charge on any atom is -0.497 e. The lowest BCUT2D eigenvalue weighted by molar-refractivity contribution is 0.404. The summed E-state index contributed by atoms with van der Waals surface area (Å²) < 4.78 is 12.6. The fraction of sp³-hybridized carbons (Fsp3) is 0.353. The van der Waals surface area contributed by atoms with Crippen LogP contribution in [-0.2, 0) is 6.54 Å². The second-order valence-electron chi connectivity index (χ2n) is 5.42. The molecule has 0 aliphatic heterocycles. The number of pyridine rings is 1. The normalized spacial score (nSPS) is 14.0. The van der Waals surface area contributed by atoms with Crippen LogP contribution in [0.5, 0.6) is 11.5 Å². The highest BCUT2D eigenvalue weighted by atomic mass is 16.5. The Labute approximate surface area is 129 Å². The van der Waals surface area contributed by atoms with E-state index in [0.29, 0.717) is 5.56 Å². The van der Waals surface area contributed by atoms with E-state index >= 15 is 0 Å². The Kier molecular flexibility index (Phi) is 3.90. The molecule has 5 nitrogen and oxygen atoms in total. The van der Waals surface area contributed by atoms with E-state index in [1.165, 1.54) is 0 Å². The van der Waals surface area contributed by atoms with Crippen molar-refractivity contribution < 1.29 is 9.47 Å². The molecular formula is C17H20N2O3. The zero-order valence-electron chi connectivity index (χ0n) is 12.8. The third kappa shape index (κ3) is 2.48. The van der Waals surface area contributed by atoms with Crippen LogP contribution in [0.25, 0.3) is 11.3 Å². The molecule has 1 fully saturated rings. The van der Waals surface area contributed by atoms with Gasteiger partial charge in [-0.3, -0.25) is 4.79 Å². The smallest absolute Gasteiger partial charge is 0.255 e. The van der Waals surface area contributed by atoms with Crippen molar-refractivity contribution in [3.05, 3.63) is 46.2 Å². The quantitative estimate of drug-likeness (QED) is 0.920. The lowest BCUT2D eigenvalue weighted by atomic mass is 10.1. The minimum absolute atomic E-state index is 0.00706. The summed E-state index contributed by atoms with van der Waals surface area (Å²) in [6, 6.07) is 9.59. The summed E-state index contributed by atoms with van der Waals surface area (Å²) >= 11 is 0.